The van der Waals surface area contributed by atoms with Gasteiger partial charge >= 0.3 is 0 Å². The van der Waals surface area contributed by atoms with Gasteiger partial charge in [0.2, 0.25) is 0 Å². The molecule has 2 heterocycles. The molecule has 0 aliphatic rings. The highest BCUT2D eigenvalue weighted by molar-refractivity contribution is 6.06. The van der Waals surface area contributed by atoms with Crippen molar-refractivity contribution in [3.05, 3.63) is 84.6 Å². The summed E-state index contributed by atoms with van der Waals surface area (Å²) in [5.74, 6) is 0.0175. The van der Waals surface area contributed by atoms with E-state index >= 15 is 0 Å². The van der Waals surface area contributed by atoms with Crippen molar-refractivity contribution in [1.29, 1.82) is 0 Å². The second kappa shape index (κ2) is 6.28. The third kappa shape index (κ3) is 2.92. The highest BCUT2D eigenvalue weighted by Gasteiger charge is 2.15. The number of hydrogen-bond acceptors (Lipinski definition) is 2. The number of aromatic nitrogens is 3. The molecule has 4 rings (SSSR count). The Labute approximate surface area is 145 Å². The van der Waals surface area contributed by atoms with Crippen molar-refractivity contribution in [2.45, 2.75) is 6.54 Å². The lowest BCUT2D eigenvalue weighted by atomic mass is 10.1. The molecule has 25 heavy (non-hydrogen) atoms. The van der Waals surface area contributed by atoms with Crippen molar-refractivity contribution in [2.24, 2.45) is 0 Å². The number of imidazole rings is 1. The lowest BCUT2D eigenvalue weighted by Gasteiger charge is -2.18. The standard InChI is InChI=1S/C20H18N4O/c1-23(20(25)18-3-2-4-19-17(18)9-10-22-19)13-15-5-7-16(8-6-15)24-12-11-21-14-24/h2-12,14,22H,13H2,1H3. The van der Waals surface area contributed by atoms with Crippen LogP contribution in [0.5, 0.6) is 0 Å². The normalized spacial score (nSPS) is 10.9. The number of carbonyl (C=O) groups excluding carboxylic acids is 1. The van der Waals surface area contributed by atoms with Gasteiger partial charge in [-0.05, 0) is 35.9 Å². The molecule has 0 saturated heterocycles. The van der Waals surface area contributed by atoms with E-state index in [1.807, 2.05) is 72.5 Å². The van der Waals surface area contributed by atoms with E-state index in [1.165, 1.54) is 0 Å². The van der Waals surface area contributed by atoms with E-state index in [4.69, 9.17) is 0 Å². The van der Waals surface area contributed by atoms with E-state index in [0.717, 1.165) is 27.7 Å². The molecule has 124 valence electrons. The summed E-state index contributed by atoms with van der Waals surface area (Å²) in [5, 5.41) is 0.954. The summed E-state index contributed by atoms with van der Waals surface area (Å²) in [6.07, 6.45) is 7.28. The molecule has 1 amide bonds. The molecular weight excluding hydrogens is 312 g/mol. The number of nitrogens with zero attached hydrogens (tertiary/aromatic N) is 3. The predicted molar refractivity (Wildman–Crippen MR) is 97.7 cm³/mol. The Balaban J connectivity index is 1.52. The fourth-order valence-electron chi connectivity index (χ4n) is 3.01. The lowest BCUT2D eigenvalue weighted by Crippen LogP contribution is -2.26. The topological polar surface area (TPSA) is 53.9 Å². The van der Waals surface area contributed by atoms with Crippen molar-refractivity contribution in [2.75, 3.05) is 7.05 Å². The SMILES string of the molecule is CN(Cc1ccc(-n2ccnc2)cc1)C(=O)c1cccc2[nH]ccc12. The summed E-state index contributed by atoms with van der Waals surface area (Å²) in [5.41, 5.74) is 3.83. The van der Waals surface area contributed by atoms with Crippen molar-refractivity contribution in [3.8, 4) is 5.69 Å². The zero-order valence-electron chi connectivity index (χ0n) is 13.9. The van der Waals surface area contributed by atoms with Crippen LogP contribution in [-0.4, -0.2) is 32.4 Å². The van der Waals surface area contributed by atoms with Gasteiger partial charge in [-0.2, -0.15) is 0 Å². The first-order valence-corrected chi connectivity index (χ1v) is 8.11. The van der Waals surface area contributed by atoms with E-state index in [0.29, 0.717) is 6.54 Å². The third-order valence-corrected chi connectivity index (χ3v) is 4.33. The molecule has 0 aliphatic heterocycles. The van der Waals surface area contributed by atoms with Crippen LogP contribution in [0.4, 0.5) is 0 Å². The summed E-state index contributed by atoms with van der Waals surface area (Å²) >= 11 is 0. The molecular formula is C20H18N4O. The molecule has 0 fully saturated rings. The molecule has 5 nitrogen and oxygen atoms in total. The molecule has 0 bridgehead atoms. The maximum absolute atomic E-state index is 12.8. The van der Waals surface area contributed by atoms with Crippen LogP contribution in [0.25, 0.3) is 16.6 Å². The number of carbonyl (C=O) groups is 1. The van der Waals surface area contributed by atoms with Crippen molar-refractivity contribution >= 4 is 16.8 Å². The van der Waals surface area contributed by atoms with Crippen LogP contribution in [0.3, 0.4) is 0 Å². The summed E-state index contributed by atoms with van der Waals surface area (Å²) in [6, 6.07) is 15.8. The van der Waals surface area contributed by atoms with E-state index in [1.54, 1.807) is 17.4 Å². The number of aromatic amines is 1. The minimum absolute atomic E-state index is 0.0175. The molecule has 0 aliphatic carbocycles. The maximum atomic E-state index is 12.8. The molecule has 4 aromatic rings. The fourth-order valence-corrected chi connectivity index (χ4v) is 3.01. The van der Waals surface area contributed by atoms with Gasteiger partial charge in [-0.15, -0.1) is 0 Å². The highest BCUT2D eigenvalue weighted by atomic mass is 16.2. The van der Waals surface area contributed by atoms with E-state index < -0.39 is 0 Å². The first kappa shape index (κ1) is 15.2. The van der Waals surface area contributed by atoms with Crippen LogP contribution < -0.4 is 0 Å². The Bertz CT molecular complexity index is 1000. The van der Waals surface area contributed by atoms with Crippen LogP contribution in [0.15, 0.2) is 73.4 Å². The lowest BCUT2D eigenvalue weighted by molar-refractivity contribution is 0.0787. The maximum Gasteiger partial charge on any atom is 0.254 e. The molecule has 1 N–H and O–H groups in total. The monoisotopic (exact) mass is 330 g/mol. The van der Waals surface area contributed by atoms with Crippen LogP contribution in [0.1, 0.15) is 15.9 Å². The van der Waals surface area contributed by atoms with E-state index in [9.17, 15) is 4.79 Å². The van der Waals surface area contributed by atoms with Crippen LogP contribution in [0, 0.1) is 0 Å². The molecule has 0 spiro atoms. The van der Waals surface area contributed by atoms with Crippen LogP contribution in [-0.2, 0) is 6.54 Å². The van der Waals surface area contributed by atoms with Gasteiger partial charge in [-0.25, -0.2) is 4.98 Å². The molecule has 0 saturated carbocycles. The first-order chi connectivity index (χ1) is 12.2. The molecule has 0 atom stereocenters. The smallest absolute Gasteiger partial charge is 0.254 e. The van der Waals surface area contributed by atoms with E-state index in [-0.39, 0.29) is 5.91 Å². The van der Waals surface area contributed by atoms with Gasteiger partial charge in [-0.1, -0.05) is 18.2 Å². The Morgan fingerprint density at radius 3 is 2.76 bits per heavy atom. The molecule has 2 aromatic carbocycles. The summed E-state index contributed by atoms with van der Waals surface area (Å²) in [7, 11) is 1.83. The number of rotatable bonds is 4. The second-order valence-corrected chi connectivity index (χ2v) is 6.04. The Morgan fingerprint density at radius 2 is 2.00 bits per heavy atom. The molecule has 5 heteroatoms. The van der Waals surface area contributed by atoms with Gasteiger partial charge < -0.3 is 14.5 Å². The van der Waals surface area contributed by atoms with Gasteiger partial charge in [-0.3, -0.25) is 4.79 Å². The third-order valence-electron chi connectivity index (χ3n) is 4.33. The van der Waals surface area contributed by atoms with Crippen molar-refractivity contribution in [1.82, 2.24) is 19.4 Å². The number of amides is 1. The number of fused-ring (bicyclic) bond motifs is 1. The number of benzene rings is 2. The van der Waals surface area contributed by atoms with Crippen LogP contribution in [0.2, 0.25) is 0 Å². The Morgan fingerprint density at radius 1 is 1.16 bits per heavy atom. The summed E-state index contributed by atoms with van der Waals surface area (Å²) < 4.78 is 1.95. The number of nitrogens with one attached hydrogen (secondary N) is 1. The van der Waals surface area contributed by atoms with Gasteiger partial charge in [0.1, 0.15) is 0 Å². The molecule has 0 unspecified atom stereocenters. The minimum Gasteiger partial charge on any atom is -0.361 e. The average Bonchev–Trinajstić information content (AvgIpc) is 3.33. The van der Waals surface area contributed by atoms with Gasteiger partial charge in [0, 0.05) is 54.3 Å². The Hall–Kier alpha value is -3.34. The number of H-pyrrole nitrogens is 1. The van der Waals surface area contributed by atoms with Gasteiger partial charge in [0.25, 0.3) is 5.91 Å². The largest absolute Gasteiger partial charge is 0.361 e. The first-order valence-electron chi connectivity index (χ1n) is 8.11. The zero-order chi connectivity index (χ0) is 17.2. The molecule has 0 radical (unpaired) electrons. The van der Waals surface area contributed by atoms with Crippen molar-refractivity contribution < 1.29 is 4.79 Å². The average molecular weight is 330 g/mol. The van der Waals surface area contributed by atoms with Gasteiger partial charge in [0.05, 0.1) is 6.33 Å². The van der Waals surface area contributed by atoms with Crippen LogP contribution >= 0.6 is 0 Å². The predicted octanol–water partition coefficient (Wildman–Crippen LogP) is 3.63. The fraction of sp³-hybridized carbons (Fsp3) is 0.100. The quantitative estimate of drug-likeness (QED) is 0.621. The van der Waals surface area contributed by atoms with Crippen molar-refractivity contribution in [3.63, 3.8) is 0 Å². The Kier molecular flexibility index (Phi) is 3.82. The summed E-state index contributed by atoms with van der Waals surface area (Å²) in [4.78, 5) is 21.8. The highest BCUT2D eigenvalue weighted by Crippen LogP contribution is 2.20. The zero-order valence-corrected chi connectivity index (χ0v) is 13.9. The van der Waals surface area contributed by atoms with E-state index in [2.05, 4.69) is 9.97 Å². The minimum atomic E-state index is 0.0175. The second-order valence-electron chi connectivity index (χ2n) is 6.04. The van der Waals surface area contributed by atoms with Gasteiger partial charge in [0.15, 0.2) is 0 Å². The number of hydrogen-bond donors (Lipinski definition) is 1. The molecule has 2 aromatic heterocycles. The summed E-state index contributed by atoms with van der Waals surface area (Å²) in [6.45, 7) is 0.559.